The average Bonchev–Trinajstić information content (AvgIpc) is 2.90. The van der Waals surface area contributed by atoms with Crippen LogP contribution in [-0.2, 0) is 9.53 Å². The van der Waals surface area contributed by atoms with E-state index in [9.17, 15) is 4.79 Å². The van der Waals surface area contributed by atoms with Crippen molar-refractivity contribution in [1.82, 2.24) is 0 Å². The van der Waals surface area contributed by atoms with Crippen molar-refractivity contribution in [3.8, 4) is 5.75 Å². The van der Waals surface area contributed by atoms with Crippen molar-refractivity contribution in [1.29, 1.82) is 0 Å². The van der Waals surface area contributed by atoms with Gasteiger partial charge < -0.3 is 14.8 Å². The van der Waals surface area contributed by atoms with Crippen LogP contribution in [-0.4, -0.2) is 13.1 Å². The van der Waals surface area contributed by atoms with Crippen LogP contribution in [0.25, 0.3) is 0 Å². The minimum absolute atomic E-state index is 0.379. The fourth-order valence-corrected chi connectivity index (χ4v) is 2.30. The first kappa shape index (κ1) is 14.5. The molecule has 0 bridgehead atoms. The highest BCUT2D eigenvalue weighted by Crippen LogP contribution is 2.29. The van der Waals surface area contributed by atoms with Gasteiger partial charge in [-0.15, -0.1) is 0 Å². The average molecular weight is 316 g/mol. The van der Waals surface area contributed by atoms with Crippen molar-refractivity contribution in [2.75, 3.05) is 12.4 Å². The molecule has 112 valence electrons. The summed E-state index contributed by atoms with van der Waals surface area (Å²) in [6.45, 7) is 0. The molecule has 22 heavy (non-hydrogen) atoms. The lowest BCUT2D eigenvalue weighted by molar-refractivity contribution is -0.139. The van der Waals surface area contributed by atoms with Crippen molar-refractivity contribution in [2.24, 2.45) is 0 Å². The standard InChI is InChI=1S/C17H14ClNO3/c1-21-14-8-6-13(7-9-14)19-15-10-16(22-17(15)20)11-2-4-12(18)5-3-11/h2-10,16,19H,1H3. The lowest BCUT2D eigenvalue weighted by Gasteiger charge is -2.07. The minimum atomic E-state index is -0.398. The number of carbonyl (C=O) groups excluding carboxylic acids is 1. The fourth-order valence-electron chi connectivity index (χ4n) is 2.17. The van der Waals surface area contributed by atoms with Gasteiger partial charge in [0.1, 0.15) is 17.6 Å². The SMILES string of the molecule is COc1ccc(NC2=CC(c3ccc(Cl)cc3)OC2=O)cc1. The Bertz CT molecular complexity index is 708. The number of nitrogens with one attached hydrogen (secondary N) is 1. The lowest BCUT2D eigenvalue weighted by Crippen LogP contribution is -2.08. The van der Waals surface area contributed by atoms with E-state index in [2.05, 4.69) is 5.32 Å². The quantitative estimate of drug-likeness (QED) is 0.868. The number of rotatable bonds is 4. The van der Waals surface area contributed by atoms with Gasteiger partial charge >= 0.3 is 5.97 Å². The molecular formula is C17H14ClNO3. The number of benzene rings is 2. The number of halogens is 1. The largest absolute Gasteiger partial charge is 0.497 e. The number of esters is 1. The summed E-state index contributed by atoms with van der Waals surface area (Å²) in [5.41, 5.74) is 2.09. The Morgan fingerprint density at radius 1 is 1.09 bits per heavy atom. The number of carbonyl (C=O) groups is 1. The second kappa shape index (κ2) is 6.12. The molecule has 0 radical (unpaired) electrons. The van der Waals surface area contributed by atoms with Crippen LogP contribution < -0.4 is 10.1 Å². The molecule has 1 aliphatic heterocycles. The van der Waals surface area contributed by atoms with Crippen LogP contribution in [0.4, 0.5) is 5.69 Å². The first-order valence-electron chi connectivity index (χ1n) is 6.75. The molecule has 2 aromatic rings. The van der Waals surface area contributed by atoms with E-state index in [1.165, 1.54) is 0 Å². The molecule has 1 N–H and O–H groups in total. The third-order valence-corrected chi connectivity index (χ3v) is 3.59. The molecule has 0 saturated heterocycles. The van der Waals surface area contributed by atoms with E-state index in [1.807, 2.05) is 36.4 Å². The summed E-state index contributed by atoms with van der Waals surface area (Å²) in [6, 6.07) is 14.5. The number of ether oxygens (including phenoxy) is 2. The van der Waals surface area contributed by atoms with E-state index in [1.54, 1.807) is 25.3 Å². The summed E-state index contributed by atoms with van der Waals surface area (Å²) in [4.78, 5) is 11.9. The molecule has 0 fully saturated rings. The van der Waals surface area contributed by atoms with Gasteiger partial charge in [0.05, 0.1) is 7.11 Å². The van der Waals surface area contributed by atoms with Crippen LogP contribution in [0.3, 0.4) is 0 Å². The highest BCUT2D eigenvalue weighted by molar-refractivity contribution is 6.30. The molecule has 0 amide bonds. The molecule has 1 atom stereocenters. The molecule has 1 aliphatic rings. The van der Waals surface area contributed by atoms with Crippen LogP contribution >= 0.6 is 11.6 Å². The molecule has 1 heterocycles. The Kier molecular flexibility index (Phi) is 4.02. The Hall–Kier alpha value is -2.46. The zero-order valence-electron chi connectivity index (χ0n) is 11.9. The smallest absolute Gasteiger partial charge is 0.355 e. The number of anilines is 1. The summed E-state index contributed by atoms with van der Waals surface area (Å²) >= 11 is 5.86. The Balaban J connectivity index is 1.76. The van der Waals surface area contributed by atoms with Crippen molar-refractivity contribution in [3.63, 3.8) is 0 Å². The van der Waals surface area contributed by atoms with E-state index >= 15 is 0 Å². The van der Waals surface area contributed by atoms with Gasteiger partial charge in [0.15, 0.2) is 0 Å². The van der Waals surface area contributed by atoms with Crippen LogP contribution in [0, 0.1) is 0 Å². The van der Waals surface area contributed by atoms with Gasteiger partial charge in [-0.25, -0.2) is 4.79 Å². The molecule has 4 nitrogen and oxygen atoms in total. The summed E-state index contributed by atoms with van der Waals surface area (Å²) in [7, 11) is 1.61. The van der Waals surface area contributed by atoms with Gasteiger partial charge in [-0.1, -0.05) is 23.7 Å². The van der Waals surface area contributed by atoms with Gasteiger partial charge in [0.25, 0.3) is 0 Å². The van der Waals surface area contributed by atoms with E-state index in [0.29, 0.717) is 10.7 Å². The van der Waals surface area contributed by atoms with E-state index in [4.69, 9.17) is 21.1 Å². The Morgan fingerprint density at radius 3 is 2.41 bits per heavy atom. The number of hydrogen-bond acceptors (Lipinski definition) is 4. The zero-order chi connectivity index (χ0) is 15.5. The Labute approximate surface area is 133 Å². The summed E-state index contributed by atoms with van der Waals surface area (Å²) in [5.74, 6) is 0.378. The van der Waals surface area contributed by atoms with Crippen molar-refractivity contribution in [3.05, 3.63) is 70.9 Å². The first-order chi connectivity index (χ1) is 10.7. The van der Waals surface area contributed by atoms with Crippen LogP contribution in [0.2, 0.25) is 5.02 Å². The van der Waals surface area contributed by atoms with Crippen LogP contribution in [0.1, 0.15) is 11.7 Å². The summed E-state index contributed by atoms with van der Waals surface area (Å²) in [6.07, 6.45) is 1.36. The first-order valence-corrected chi connectivity index (χ1v) is 7.13. The van der Waals surface area contributed by atoms with E-state index < -0.39 is 6.10 Å². The van der Waals surface area contributed by atoms with Crippen molar-refractivity contribution < 1.29 is 14.3 Å². The van der Waals surface area contributed by atoms with Gasteiger partial charge in [-0.05, 0) is 48.0 Å². The number of hydrogen-bond donors (Lipinski definition) is 1. The molecule has 2 aromatic carbocycles. The maximum atomic E-state index is 11.9. The molecule has 5 heteroatoms. The monoisotopic (exact) mass is 315 g/mol. The number of methoxy groups -OCH3 is 1. The van der Waals surface area contributed by atoms with E-state index in [0.717, 1.165) is 17.0 Å². The maximum absolute atomic E-state index is 11.9. The van der Waals surface area contributed by atoms with Crippen molar-refractivity contribution >= 4 is 23.3 Å². The molecule has 0 saturated carbocycles. The molecule has 0 spiro atoms. The summed E-state index contributed by atoms with van der Waals surface area (Å²) < 4.78 is 10.5. The second-order valence-electron chi connectivity index (χ2n) is 4.81. The maximum Gasteiger partial charge on any atom is 0.355 e. The third kappa shape index (κ3) is 3.07. The highest BCUT2D eigenvalue weighted by atomic mass is 35.5. The second-order valence-corrected chi connectivity index (χ2v) is 5.25. The van der Waals surface area contributed by atoms with Gasteiger partial charge in [0.2, 0.25) is 0 Å². The molecular weight excluding hydrogens is 302 g/mol. The highest BCUT2D eigenvalue weighted by Gasteiger charge is 2.26. The molecule has 3 rings (SSSR count). The number of cyclic esters (lactones) is 1. The van der Waals surface area contributed by atoms with Crippen molar-refractivity contribution in [2.45, 2.75) is 6.10 Å². The molecule has 1 unspecified atom stereocenters. The predicted molar refractivity (Wildman–Crippen MR) is 85.0 cm³/mol. The minimum Gasteiger partial charge on any atom is -0.497 e. The van der Waals surface area contributed by atoms with Gasteiger partial charge in [-0.3, -0.25) is 0 Å². The van der Waals surface area contributed by atoms with E-state index in [-0.39, 0.29) is 5.97 Å². The fraction of sp³-hybridized carbons (Fsp3) is 0.118. The lowest BCUT2D eigenvalue weighted by atomic mass is 10.1. The van der Waals surface area contributed by atoms with Crippen LogP contribution in [0.15, 0.2) is 60.3 Å². The Morgan fingerprint density at radius 2 is 1.77 bits per heavy atom. The van der Waals surface area contributed by atoms with Crippen LogP contribution in [0.5, 0.6) is 5.75 Å². The molecule has 0 aromatic heterocycles. The molecule has 0 aliphatic carbocycles. The normalized spacial score (nSPS) is 16.9. The predicted octanol–water partition coefficient (Wildman–Crippen LogP) is 3.94. The third-order valence-electron chi connectivity index (χ3n) is 3.34. The topological polar surface area (TPSA) is 47.6 Å². The van der Waals surface area contributed by atoms with Gasteiger partial charge in [0, 0.05) is 10.7 Å². The van der Waals surface area contributed by atoms with Gasteiger partial charge in [-0.2, -0.15) is 0 Å². The zero-order valence-corrected chi connectivity index (χ0v) is 12.6. The summed E-state index contributed by atoms with van der Waals surface area (Å²) in [5, 5.41) is 3.70.